The minimum atomic E-state index is -0.678. The maximum atomic E-state index is 9.88. The largest absolute Gasteiger partial charge is 0.305 e. The van der Waals surface area contributed by atoms with Gasteiger partial charge in [0.05, 0.1) is 0 Å². The lowest BCUT2D eigenvalue weighted by molar-refractivity contribution is -0.109. The number of Topliss-reactive ketones (excluding diaryl/α,β-unsaturated/α-hetero) is 1. The molecule has 0 aromatic carbocycles. The molecule has 0 aliphatic rings. The van der Waals surface area contributed by atoms with Crippen LogP contribution in [0.15, 0.2) is 0 Å². The molecule has 2 nitrogen and oxygen atoms in total. The molecule has 0 aromatic rings. The molecular weight excluding hydrogens is 90.1 g/mol. The van der Waals surface area contributed by atoms with Crippen molar-refractivity contribution in [3.05, 3.63) is 0 Å². The third kappa shape index (κ3) is 2.52. The molecule has 0 aliphatic heterocycles. The van der Waals surface area contributed by atoms with Crippen LogP contribution in [0.4, 0.5) is 0 Å². The van der Waals surface area contributed by atoms with Crippen molar-refractivity contribution in [3.8, 4) is 17.9 Å². The normalized spacial score (nSPS) is 5.14. The zero-order chi connectivity index (χ0) is 5.70. The van der Waals surface area contributed by atoms with Gasteiger partial charge in [-0.2, -0.15) is 5.26 Å². The Labute approximate surface area is 41.8 Å². The predicted molar refractivity (Wildman–Crippen MR) is 24.1 cm³/mol. The van der Waals surface area contributed by atoms with Gasteiger partial charge in [0.2, 0.25) is 0 Å². The summed E-state index contributed by atoms with van der Waals surface area (Å²) in [4.78, 5) is 9.88. The van der Waals surface area contributed by atoms with Gasteiger partial charge in [-0.1, -0.05) is 5.92 Å². The molecule has 0 radical (unpaired) electrons. The molecule has 0 spiro atoms. The summed E-state index contributed by atoms with van der Waals surface area (Å²) in [5.74, 6) is 3.66. The van der Waals surface area contributed by atoms with Crippen LogP contribution in [0.3, 0.4) is 0 Å². The average Bonchev–Trinajstić information content (AvgIpc) is 1.68. The average molecular weight is 93.1 g/mol. The number of carbonyl (C=O) groups is 1. The molecule has 0 saturated carbocycles. The lowest BCUT2D eigenvalue weighted by atomic mass is 10.4. The van der Waals surface area contributed by atoms with E-state index in [1.54, 1.807) is 0 Å². The highest BCUT2D eigenvalue weighted by molar-refractivity contribution is 6.07. The van der Waals surface area contributed by atoms with Crippen molar-refractivity contribution < 1.29 is 4.79 Å². The van der Waals surface area contributed by atoms with Gasteiger partial charge in [-0.15, -0.1) is 0 Å². The first kappa shape index (κ1) is 5.72. The van der Waals surface area contributed by atoms with Crippen LogP contribution in [0.1, 0.15) is 6.92 Å². The lowest BCUT2D eigenvalue weighted by Crippen LogP contribution is -1.82. The molecule has 0 saturated heterocycles. The Kier molecular flexibility index (Phi) is 2.40. The molecule has 0 rings (SSSR count). The molecule has 0 fully saturated rings. The van der Waals surface area contributed by atoms with E-state index in [9.17, 15) is 4.79 Å². The van der Waals surface area contributed by atoms with Crippen LogP contribution in [0.25, 0.3) is 0 Å². The molecule has 0 aromatic heterocycles. The smallest absolute Gasteiger partial charge is 0.267 e. The lowest BCUT2D eigenvalue weighted by Gasteiger charge is -1.58. The van der Waals surface area contributed by atoms with E-state index < -0.39 is 5.78 Å². The van der Waals surface area contributed by atoms with Crippen molar-refractivity contribution in [3.63, 3.8) is 0 Å². The summed E-state index contributed by atoms with van der Waals surface area (Å²) < 4.78 is 0. The monoisotopic (exact) mass is 93.0 g/mol. The number of carbonyl (C=O) groups excluding carboxylic acids is 1. The number of nitriles is 1. The zero-order valence-corrected chi connectivity index (χ0v) is 3.86. The molecule has 0 amide bonds. The minimum Gasteiger partial charge on any atom is -0.267 e. The van der Waals surface area contributed by atoms with Gasteiger partial charge in [0, 0.05) is 0 Å². The maximum Gasteiger partial charge on any atom is 0.305 e. The summed E-state index contributed by atoms with van der Waals surface area (Å²) in [6.07, 6.45) is 0. The van der Waals surface area contributed by atoms with Gasteiger partial charge >= 0.3 is 5.78 Å². The molecule has 0 N–H and O–H groups in total. The number of hydrogen-bond acceptors (Lipinski definition) is 2. The fraction of sp³-hybridized carbons (Fsp3) is 0.200. The Balaban J connectivity index is 3.83. The van der Waals surface area contributed by atoms with Gasteiger partial charge in [-0.05, 0) is 12.8 Å². The Bertz CT molecular complexity index is 165. The number of ketones is 1. The van der Waals surface area contributed by atoms with Gasteiger partial charge < -0.3 is 0 Å². The van der Waals surface area contributed by atoms with Crippen molar-refractivity contribution in [1.29, 1.82) is 5.26 Å². The summed E-state index contributed by atoms with van der Waals surface area (Å²) in [5.41, 5.74) is 0. The summed E-state index contributed by atoms with van der Waals surface area (Å²) in [7, 11) is 0. The van der Waals surface area contributed by atoms with E-state index in [-0.39, 0.29) is 0 Å². The Hall–Kier alpha value is -1.28. The highest BCUT2D eigenvalue weighted by atomic mass is 16.1. The molecule has 0 bridgehead atoms. The van der Waals surface area contributed by atoms with Gasteiger partial charge in [-0.25, -0.2) is 0 Å². The zero-order valence-electron chi connectivity index (χ0n) is 3.86. The van der Waals surface area contributed by atoms with Crippen LogP contribution in [-0.4, -0.2) is 5.78 Å². The van der Waals surface area contributed by atoms with Crippen molar-refractivity contribution in [2.24, 2.45) is 0 Å². The van der Waals surface area contributed by atoms with Gasteiger partial charge in [0.1, 0.15) is 0 Å². The fourth-order valence-electron chi connectivity index (χ4n) is 0.141. The molecule has 0 heterocycles. The van der Waals surface area contributed by atoms with E-state index in [0.717, 1.165) is 0 Å². The molecule has 0 aliphatic carbocycles. The molecule has 0 unspecified atom stereocenters. The summed E-state index contributed by atoms with van der Waals surface area (Å²) in [6.45, 7) is 1.51. The quantitative estimate of drug-likeness (QED) is 0.242. The second kappa shape index (κ2) is 2.93. The van der Waals surface area contributed by atoms with Crippen LogP contribution in [0.5, 0.6) is 0 Å². The van der Waals surface area contributed by atoms with E-state index >= 15 is 0 Å². The topological polar surface area (TPSA) is 40.9 Å². The first-order chi connectivity index (χ1) is 3.31. The molecule has 2 heteroatoms. The van der Waals surface area contributed by atoms with Crippen molar-refractivity contribution in [2.75, 3.05) is 0 Å². The fourth-order valence-corrected chi connectivity index (χ4v) is 0.141. The van der Waals surface area contributed by atoms with Crippen molar-refractivity contribution >= 4 is 5.78 Å². The van der Waals surface area contributed by atoms with Crippen LogP contribution >= 0.6 is 0 Å². The molecular formula is C5H3NO. The Morgan fingerprint density at radius 2 is 2.29 bits per heavy atom. The third-order valence-electron chi connectivity index (χ3n) is 0.340. The maximum absolute atomic E-state index is 9.88. The highest BCUT2D eigenvalue weighted by Gasteiger charge is 1.83. The van der Waals surface area contributed by atoms with Gasteiger partial charge in [0.25, 0.3) is 0 Å². The number of rotatable bonds is 0. The van der Waals surface area contributed by atoms with E-state index in [4.69, 9.17) is 5.26 Å². The first-order valence-corrected chi connectivity index (χ1v) is 1.68. The Morgan fingerprint density at radius 3 is 2.43 bits per heavy atom. The summed E-state index contributed by atoms with van der Waals surface area (Å²) in [6, 6.07) is 1.35. The van der Waals surface area contributed by atoms with E-state index in [0.29, 0.717) is 0 Å². The van der Waals surface area contributed by atoms with Crippen molar-refractivity contribution in [1.82, 2.24) is 0 Å². The predicted octanol–water partition coefficient (Wildman–Crippen LogP) is 0.102. The van der Waals surface area contributed by atoms with E-state index in [1.807, 2.05) is 5.92 Å². The van der Waals surface area contributed by atoms with Crippen molar-refractivity contribution in [2.45, 2.75) is 6.92 Å². The molecule has 7 heavy (non-hydrogen) atoms. The van der Waals surface area contributed by atoms with Crippen LogP contribution in [0.2, 0.25) is 0 Å². The standard InChI is InChI=1S/C5H3NO/c1-2-3-5(7)4-6/h1H3. The van der Waals surface area contributed by atoms with Crippen LogP contribution in [0, 0.1) is 23.2 Å². The summed E-state index contributed by atoms with van der Waals surface area (Å²) in [5, 5.41) is 7.76. The van der Waals surface area contributed by atoms with E-state index in [2.05, 4.69) is 5.92 Å². The molecule has 34 valence electrons. The highest BCUT2D eigenvalue weighted by Crippen LogP contribution is 1.58. The molecule has 0 atom stereocenters. The second-order valence-electron chi connectivity index (χ2n) is 0.816. The van der Waals surface area contributed by atoms with Crippen LogP contribution < -0.4 is 0 Å². The first-order valence-electron chi connectivity index (χ1n) is 1.68. The van der Waals surface area contributed by atoms with Gasteiger partial charge in [0.15, 0.2) is 6.07 Å². The summed E-state index contributed by atoms with van der Waals surface area (Å²) >= 11 is 0. The minimum absolute atomic E-state index is 0.678. The number of nitrogens with zero attached hydrogens (tertiary/aromatic N) is 1. The SMILES string of the molecule is CC#CC(=O)C#N. The third-order valence-corrected chi connectivity index (χ3v) is 0.340. The van der Waals surface area contributed by atoms with Gasteiger partial charge in [-0.3, -0.25) is 4.79 Å². The Morgan fingerprint density at radius 1 is 1.71 bits per heavy atom. The number of hydrogen-bond donors (Lipinski definition) is 0. The van der Waals surface area contributed by atoms with Crippen LogP contribution in [-0.2, 0) is 4.79 Å². The second-order valence-corrected chi connectivity index (χ2v) is 0.816. The van der Waals surface area contributed by atoms with E-state index in [1.165, 1.54) is 13.0 Å².